The Labute approximate surface area is 118 Å². The van der Waals surface area contributed by atoms with Gasteiger partial charge in [0.05, 0.1) is 11.3 Å². The molecular weight excluding hydrogens is 260 g/mol. The molecule has 0 bridgehead atoms. The molecule has 1 aromatic rings. The second kappa shape index (κ2) is 6.40. The molecule has 1 aromatic carbocycles. The van der Waals surface area contributed by atoms with E-state index in [1.54, 1.807) is 11.8 Å². The van der Waals surface area contributed by atoms with Crippen LogP contribution in [-0.4, -0.2) is 23.8 Å². The summed E-state index contributed by atoms with van der Waals surface area (Å²) in [5.74, 6) is 0. The topological polar surface area (TPSA) is 35.8 Å². The zero-order valence-electron chi connectivity index (χ0n) is 10.8. The fourth-order valence-electron chi connectivity index (χ4n) is 2.51. The molecule has 1 fully saturated rings. The summed E-state index contributed by atoms with van der Waals surface area (Å²) in [6.07, 6.45) is 7.96. The standard InChI is InChI=1S/C14H18N2S2/c1-17-13-7-3-5-11(10(13)9-15)16-12-6-4-8-14(12)18-2/h3,5,7,12,14,16H,4,6,8H2,1-2H3. The van der Waals surface area contributed by atoms with Gasteiger partial charge in [-0.3, -0.25) is 0 Å². The van der Waals surface area contributed by atoms with Gasteiger partial charge < -0.3 is 5.32 Å². The summed E-state index contributed by atoms with van der Waals surface area (Å²) < 4.78 is 0. The largest absolute Gasteiger partial charge is 0.380 e. The second-order valence-electron chi connectivity index (χ2n) is 4.45. The average molecular weight is 278 g/mol. The molecule has 1 aliphatic carbocycles. The lowest BCUT2D eigenvalue weighted by Gasteiger charge is -2.21. The molecular formula is C14H18N2S2. The monoisotopic (exact) mass is 278 g/mol. The zero-order valence-corrected chi connectivity index (χ0v) is 12.4. The number of hydrogen-bond acceptors (Lipinski definition) is 4. The van der Waals surface area contributed by atoms with Crippen molar-refractivity contribution in [1.82, 2.24) is 0 Å². The van der Waals surface area contributed by atoms with Gasteiger partial charge in [0.25, 0.3) is 0 Å². The number of nitriles is 1. The van der Waals surface area contributed by atoms with E-state index in [0.29, 0.717) is 11.3 Å². The molecule has 18 heavy (non-hydrogen) atoms. The number of hydrogen-bond donors (Lipinski definition) is 1. The van der Waals surface area contributed by atoms with E-state index in [1.165, 1.54) is 19.3 Å². The van der Waals surface area contributed by atoms with Crippen molar-refractivity contribution in [2.75, 3.05) is 17.8 Å². The molecule has 0 heterocycles. The summed E-state index contributed by atoms with van der Waals surface area (Å²) in [5.41, 5.74) is 1.78. The van der Waals surface area contributed by atoms with Crippen LogP contribution >= 0.6 is 23.5 Å². The van der Waals surface area contributed by atoms with Crippen molar-refractivity contribution < 1.29 is 0 Å². The van der Waals surface area contributed by atoms with Crippen LogP contribution in [0.4, 0.5) is 5.69 Å². The summed E-state index contributed by atoms with van der Waals surface area (Å²) in [4.78, 5) is 1.06. The number of anilines is 1. The summed E-state index contributed by atoms with van der Waals surface area (Å²) in [6.45, 7) is 0. The van der Waals surface area contributed by atoms with Crippen LogP contribution in [0.3, 0.4) is 0 Å². The second-order valence-corrected chi connectivity index (χ2v) is 6.38. The minimum Gasteiger partial charge on any atom is -0.380 e. The van der Waals surface area contributed by atoms with Crippen LogP contribution in [0.15, 0.2) is 23.1 Å². The number of rotatable bonds is 4. The predicted octanol–water partition coefficient (Wildman–Crippen LogP) is 3.98. The molecule has 0 radical (unpaired) electrons. The normalized spacial score (nSPS) is 22.7. The van der Waals surface area contributed by atoms with Crippen LogP contribution < -0.4 is 5.32 Å². The Bertz CT molecular complexity index is 454. The van der Waals surface area contributed by atoms with Gasteiger partial charge in [-0.05, 0) is 37.5 Å². The Morgan fingerprint density at radius 1 is 1.33 bits per heavy atom. The average Bonchev–Trinajstić information content (AvgIpc) is 2.85. The molecule has 4 heteroatoms. The van der Waals surface area contributed by atoms with Crippen LogP contribution in [0.1, 0.15) is 24.8 Å². The number of nitrogens with one attached hydrogen (secondary N) is 1. The van der Waals surface area contributed by atoms with Crippen LogP contribution in [-0.2, 0) is 0 Å². The molecule has 0 amide bonds. The highest BCUT2D eigenvalue weighted by Crippen LogP contribution is 2.33. The van der Waals surface area contributed by atoms with Crippen molar-refractivity contribution in [2.24, 2.45) is 0 Å². The van der Waals surface area contributed by atoms with Gasteiger partial charge in [-0.15, -0.1) is 11.8 Å². The first-order valence-corrected chi connectivity index (χ1v) is 8.68. The van der Waals surface area contributed by atoms with Gasteiger partial charge in [-0.2, -0.15) is 17.0 Å². The molecule has 0 spiro atoms. The molecule has 1 saturated carbocycles. The lowest BCUT2D eigenvalue weighted by Crippen LogP contribution is -2.26. The molecule has 1 aliphatic rings. The molecule has 0 aromatic heterocycles. The quantitative estimate of drug-likeness (QED) is 0.845. The van der Waals surface area contributed by atoms with Crippen molar-refractivity contribution >= 4 is 29.2 Å². The number of thioether (sulfide) groups is 2. The van der Waals surface area contributed by atoms with Gasteiger partial charge in [-0.25, -0.2) is 0 Å². The van der Waals surface area contributed by atoms with E-state index in [1.807, 2.05) is 36.2 Å². The molecule has 2 rings (SSSR count). The third-order valence-corrected chi connectivity index (χ3v) is 5.40. The van der Waals surface area contributed by atoms with E-state index in [2.05, 4.69) is 17.6 Å². The number of nitrogens with zero attached hydrogens (tertiary/aromatic N) is 1. The summed E-state index contributed by atoms with van der Waals surface area (Å²) in [6, 6.07) is 8.89. The highest BCUT2D eigenvalue weighted by molar-refractivity contribution is 7.99. The van der Waals surface area contributed by atoms with E-state index in [0.717, 1.165) is 16.1 Å². The third-order valence-electron chi connectivity index (χ3n) is 3.45. The molecule has 0 aliphatic heterocycles. The summed E-state index contributed by atoms with van der Waals surface area (Å²) in [5, 5.41) is 13.6. The molecule has 2 unspecified atom stereocenters. The Hall–Kier alpha value is -0.790. The maximum atomic E-state index is 9.32. The van der Waals surface area contributed by atoms with Crippen LogP contribution in [0.5, 0.6) is 0 Å². The summed E-state index contributed by atoms with van der Waals surface area (Å²) in [7, 11) is 0. The Morgan fingerprint density at radius 2 is 2.17 bits per heavy atom. The van der Waals surface area contributed by atoms with Gasteiger partial charge in [0.15, 0.2) is 0 Å². The molecule has 2 nitrogen and oxygen atoms in total. The van der Waals surface area contributed by atoms with E-state index < -0.39 is 0 Å². The van der Waals surface area contributed by atoms with Crippen molar-refractivity contribution in [1.29, 1.82) is 5.26 Å². The van der Waals surface area contributed by atoms with E-state index in [4.69, 9.17) is 0 Å². The zero-order chi connectivity index (χ0) is 13.0. The van der Waals surface area contributed by atoms with E-state index >= 15 is 0 Å². The van der Waals surface area contributed by atoms with Gasteiger partial charge >= 0.3 is 0 Å². The first-order valence-electron chi connectivity index (χ1n) is 6.16. The first-order chi connectivity index (χ1) is 8.80. The number of benzene rings is 1. The molecule has 2 atom stereocenters. The lowest BCUT2D eigenvalue weighted by molar-refractivity contribution is 0.768. The maximum absolute atomic E-state index is 9.32. The fourth-order valence-corrected chi connectivity index (χ4v) is 4.02. The minimum atomic E-state index is 0.504. The molecule has 0 saturated heterocycles. The lowest BCUT2D eigenvalue weighted by atomic mass is 10.1. The van der Waals surface area contributed by atoms with Crippen LogP contribution in [0, 0.1) is 11.3 Å². The summed E-state index contributed by atoms with van der Waals surface area (Å²) >= 11 is 3.56. The minimum absolute atomic E-state index is 0.504. The molecule has 1 N–H and O–H groups in total. The maximum Gasteiger partial charge on any atom is 0.102 e. The smallest absolute Gasteiger partial charge is 0.102 e. The van der Waals surface area contributed by atoms with Gasteiger partial charge in [0.2, 0.25) is 0 Å². The van der Waals surface area contributed by atoms with E-state index in [-0.39, 0.29) is 0 Å². The Morgan fingerprint density at radius 3 is 2.83 bits per heavy atom. The SMILES string of the molecule is CSc1cccc(NC2CCCC2SC)c1C#N. The van der Waals surface area contributed by atoms with Crippen molar-refractivity contribution in [2.45, 2.75) is 35.4 Å². The predicted molar refractivity (Wildman–Crippen MR) is 81.5 cm³/mol. The van der Waals surface area contributed by atoms with Gasteiger partial charge in [0, 0.05) is 16.2 Å². The van der Waals surface area contributed by atoms with Gasteiger partial charge in [-0.1, -0.05) is 12.5 Å². The van der Waals surface area contributed by atoms with Crippen molar-refractivity contribution in [3.63, 3.8) is 0 Å². The Balaban J connectivity index is 2.21. The fraction of sp³-hybridized carbons (Fsp3) is 0.500. The van der Waals surface area contributed by atoms with E-state index in [9.17, 15) is 5.26 Å². The highest BCUT2D eigenvalue weighted by Gasteiger charge is 2.26. The van der Waals surface area contributed by atoms with Crippen LogP contribution in [0.25, 0.3) is 0 Å². The van der Waals surface area contributed by atoms with Crippen LogP contribution in [0.2, 0.25) is 0 Å². The molecule has 96 valence electrons. The third kappa shape index (κ3) is 2.78. The Kier molecular flexibility index (Phi) is 4.85. The highest BCUT2D eigenvalue weighted by atomic mass is 32.2. The van der Waals surface area contributed by atoms with Crippen molar-refractivity contribution in [3.05, 3.63) is 23.8 Å². The van der Waals surface area contributed by atoms with Gasteiger partial charge in [0.1, 0.15) is 6.07 Å². The first kappa shape index (κ1) is 13.6. The van der Waals surface area contributed by atoms with Crippen molar-refractivity contribution in [3.8, 4) is 6.07 Å².